The van der Waals surface area contributed by atoms with E-state index in [-0.39, 0.29) is 0 Å². The van der Waals surface area contributed by atoms with Crippen LogP contribution in [0.15, 0.2) is 41.8 Å². The van der Waals surface area contributed by atoms with E-state index in [1.54, 1.807) is 18.4 Å². The van der Waals surface area contributed by atoms with Crippen LogP contribution in [0.3, 0.4) is 0 Å². The highest BCUT2D eigenvalue weighted by Gasteiger charge is 2.10. The molecule has 2 rings (SSSR count). The van der Waals surface area contributed by atoms with Gasteiger partial charge in [0.05, 0.1) is 12.7 Å². The topological polar surface area (TPSA) is 32.7 Å². The van der Waals surface area contributed by atoms with Crippen molar-refractivity contribution in [1.82, 2.24) is 4.90 Å². The van der Waals surface area contributed by atoms with Gasteiger partial charge in [-0.05, 0) is 29.6 Å². The number of rotatable bonds is 7. The molecule has 3 nitrogen and oxygen atoms in total. The molecule has 108 valence electrons. The number of nitrogens with zero attached hydrogens (tertiary/aromatic N) is 1. The Morgan fingerprint density at radius 1 is 1.25 bits per heavy atom. The number of aliphatic hydroxyl groups is 1. The fourth-order valence-electron chi connectivity index (χ4n) is 2.18. The highest BCUT2D eigenvalue weighted by molar-refractivity contribution is 7.10. The van der Waals surface area contributed by atoms with E-state index in [2.05, 4.69) is 40.6 Å². The van der Waals surface area contributed by atoms with Gasteiger partial charge in [0.1, 0.15) is 0 Å². The molecule has 0 radical (unpaired) electrons. The van der Waals surface area contributed by atoms with Crippen molar-refractivity contribution in [3.8, 4) is 11.1 Å². The molecule has 0 aliphatic rings. The van der Waals surface area contributed by atoms with Crippen LogP contribution in [0.2, 0.25) is 0 Å². The molecule has 1 aromatic heterocycles. The second-order valence-corrected chi connectivity index (χ2v) is 5.97. The zero-order valence-corrected chi connectivity index (χ0v) is 12.8. The van der Waals surface area contributed by atoms with Gasteiger partial charge in [-0.15, -0.1) is 11.3 Å². The van der Waals surface area contributed by atoms with E-state index < -0.39 is 6.10 Å². The van der Waals surface area contributed by atoms with Crippen molar-refractivity contribution in [1.29, 1.82) is 0 Å². The minimum Gasteiger partial charge on any atom is -0.389 e. The Labute approximate surface area is 124 Å². The van der Waals surface area contributed by atoms with Gasteiger partial charge in [0.2, 0.25) is 0 Å². The minimum atomic E-state index is -0.432. The summed E-state index contributed by atoms with van der Waals surface area (Å²) in [5, 5.41) is 11.9. The van der Waals surface area contributed by atoms with Gasteiger partial charge in [0.15, 0.2) is 0 Å². The molecule has 0 saturated heterocycles. The molecular weight excluding hydrogens is 270 g/mol. The standard InChI is InChI=1S/C16H21NO2S/c1-17(9-15(18)11-19-2)10-16-8-14(12-20-16)13-6-4-3-5-7-13/h3-8,12,15,18H,9-11H2,1-2H3. The molecule has 0 aliphatic carbocycles. The SMILES string of the molecule is COCC(O)CN(C)Cc1cc(-c2ccccc2)cs1. The number of aliphatic hydroxyl groups excluding tert-OH is 1. The fraction of sp³-hybridized carbons (Fsp3) is 0.375. The van der Waals surface area contributed by atoms with E-state index in [0.717, 1.165) is 6.54 Å². The molecule has 1 aromatic carbocycles. The lowest BCUT2D eigenvalue weighted by atomic mass is 10.1. The molecule has 2 aromatic rings. The molecule has 4 heteroatoms. The highest BCUT2D eigenvalue weighted by atomic mass is 32.1. The third kappa shape index (κ3) is 4.42. The summed E-state index contributed by atoms with van der Waals surface area (Å²) in [5.74, 6) is 0. The molecule has 1 atom stereocenters. The van der Waals surface area contributed by atoms with Crippen molar-refractivity contribution in [3.63, 3.8) is 0 Å². The third-order valence-electron chi connectivity index (χ3n) is 3.07. The number of hydrogen-bond donors (Lipinski definition) is 1. The maximum atomic E-state index is 9.72. The molecule has 0 saturated carbocycles. The van der Waals surface area contributed by atoms with Gasteiger partial charge in [-0.2, -0.15) is 0 Å². The van der Waals surface area contributed by atoms with Gasteiger partial charge in [0, 0.05) is 25.1 Å². The van der Waals surface area contributed by atoms with Gasteiger partial charge in [-0.3, -0.25) is 4.90 Å². The summed E-state index contributed by atoms with van der Waals surface area (Å²) >= 11 is 1.76. The lowest BCUT2D eigenvalue weighted by Crippen LogP contribution is -2.31. The van der Waals surface area contributed by atoms with Crippen molar-refractivity contribution in [3.05, 3.63) is 46.7 Å². The van der Waals surface area contributed by atoms with Gasteiger partial charge in [0.25, 0.3) is 0 Å². The monoisotopic (exact) mass is 291 g/mol. The van der Waals surface area contributed by atoms with Crippen LogP contribution in [0.1, 0.15) is 4.88 Å². The summed E-state index contributed by atoms with van der Waals surface area (Å²) in [4.78, 5) is 3.42. The fourth-order valence-corrected chi connectivity index (χ4v) is 3.15. The van der Waals surface area contributed by atoms with E-state index in [1.807, 2.05) is 13.1 Å². The lowest BCUT2D eigenvalue weighted by Gasteiger charge is -2.19. The van der Waals surface area contributed by atoms with Crippen LogP contribution in [-0.2, 0) is 11.3 Å². The van der Waals surface area contributed by atoms with Crippen molar-refractivity contribution < 1.29 is 9.84 Å². The number of thiophene rings is 1. The van der Waals surface area contributed by atoms with E-state index in [1.165, 1.54) is 16.0 Å². The molecule has 1 N–H and O–H groups in total. The first-order valence-corrected chi connectivity index (χ1v) is 7.55. The summed E-state index contributed by atoms with van der Waals surface area (Å²) in [6.45, 7) is 1.84. The van der Waals surface area contributed by atoms with E-state index in [0.29, 0.717) is 13.2 Å². The highest BCUT2D eigenvalue weighted by Crippen LogP contribution is 2.26. The van der Waals surface area contributed by atoms with Crippen molar-refractivity contribution in [2.45, 2.75) is 12.6 Å². The molecule has 1 unspecified atom stereocenters. The van der Waals surface area contributed by atoms with Crippen molar-refractivity contribution in [2.75, 3.05) is 27.3 Å². The number of ether oxygens (including phenoxy) is 1. The van der Waals surface area contributed by atoms with E-state index in [9.17, 15) is 5.11 Å². The van der Waals surface area contributed by atoms with Crippen LogP contribution in [0.25, 0.3) is 11.1 Å². The Bertz CT molecular complexity index is 512. The first kappa shape index (κ1) is 15.2. The Hall–Kier alpha value is -1.20. The summed E-state index contributed by atoms with van der Waals surface area (Å²) in [6, 6.07) is 12.6. The number of hydrogen-bond acceptors (Lipinski definition) is 4. The Morgan fingerprint density at radius 2 is 2.00 bits per heavy atom. The van der Waals surface area contributed by atoms with Crippen LogP contribution >= 0.6 is 11.3 Å². The van der Waals surface area contributed by atoms with Crippen LogP contribution in [0, 0.1) is 0 Å². The van der Waals surface area contributed by atoms with Gasteiger partial charge < -0.3 is 9.84 Å². The summed E-state index contributed by atoms with van der Waals surface area (Å²) < 4.78 is 4.94. The minimum absolute atomic E-state index is 0.379. The molecule has 0 amide bonds. The largest absolute Gasteiger partial charge is 0.389 e. The number of benzene rings is 1. The van der Waals surface area contributed by atoms with Crippen molar-refractivity contribution >= 4 is 11.3 Å². The molecule has 0 bridgehead atoms. The maximum Gasteiger partial charge on any atom is 0.0900 e. The third-order valence-corrected chi connectivity index (χ3v) is 3.99. The zero-order chi connectivity index (χ0) is 14.4. The van der Waals surface area contributed by atoms with Crippen LogP contribution in [0.4, 0.5) is 0 Å². The van der Waals surface area contributed by atoms with Gasteiger partial charge >= 0.3 is 0 Å². The van der Waals surface area contributed by atoms with Crippen LogP contribution in [-0.4, -0.2) is 43.4 Å². The summed E-state index contributed by atoms with van der Waals surface area (Å²) in [6.07, 6.45) is -0.432. The average Bonchev–Trinajstić information content (AvgIpc) is 2.88. The summed E-state index contributed by atoms with van der Waals surface area (Å²) in [5.41, 5.74) is 2.51. The summed E-state index contributed by atoms with van der Waals surface area (Å²) in [7, 11) is 3.62. The maximum absolute atomic E-state index is 9.72. The van der Waals surface area contributed by atoms with Crippen LogP contribution < -0.4 is 0 Å². The van der Waals surface area contributed by atoms with Crippen molar-refractivity contribution in [2.24, 2.45) is 0 Å². The second kappa shape index (κ2) is 7.55. The molecule has 1 heterocycles. The van der Waals surface area contributed by atoms with E-state index >= 15 is 0 Å². The average molecular weight is 291 g/mol. The van der Waals surface area contributed by atoms with E-state index in [4.69, 9.17) is 4.74 Å². The second-order valence-electron chi connectivity index (χ2n) is 4.97. The molecule has 0 fully saturated rings. The Balaban J connectivity index is 1.93. The molecular formula is C16H21NO2S. The Kier molecular flexibility index (Phi) is 5.73. The van der Waals surface area contributed by atoms with Gasteiger partial charge in [-0.1, -0.05) is 30.3 Å². The first-order valence-electron chi connectivity index (χ1n) is 6.67. The normalized spacial score (nSPS) is 12.8. The zero-order valence-electron chi connectivity index (χ0n) is 12.0. The number of methoxy groups -OCH3 is 1. The predicted molar refractivity (Wildman–Crippen MR) is 84.0 cm³/mol. The quantitative estimate of drug-likeness (QED) is 0.851. The Morgan fingerprint density at radius 3 is 2.70 bits per heavy atom. The molecule has 20 heavy (non-hydrogen) atoms. The van der Waals surface area contributed by atoms with Crippen LogP contribution in [0.5, 0.6) is 0 Å². The lowest BCUT2D eigenvalue weighted by molar-refractivity contribution is 0.0420. The van der Waals surface area contributed by atoms with Gasteiger partial charge in [-0.25, -0.2) is 0 Å². The first-order chi connectivity index (χ1) is 9.69. The predicted octanol–water partition coefficient (Wildman–Crippen LogP) is 2.85. The smallest absolute Gasteiger partial charge is 0.0900 e. The number of likely N-dealkylation sites (N-methyl/N-ethyl adjacent to an activating group) is 1. The molecule has 0 spiro atoms. The molecule has 0 aliphatic heterocycles.